The van der Waals surface area contributed by atoms with Gasteiger partial charge in [0.2, 0.25) is 0 Å². The number of carbonyl (C=O) groups is 1. The molecule has 0 bridgehead atoms. The molecule has 1 amide bonds. The number of ether oxygens (including phenoxy) is 1. The van der Waals surface area contributed by atoms with E-state index < -0.39 is 54.6 Å². The molecular formula is C18H24ClF3N2O3. The van der Waals surface area contributed by atoms with Gasteiger partial charge in [-0.2, -0.15) is 0 Å². The second kappa shape index (κ2) is 7.48. The molecule has 2 rings (SSSR count). The summed E-state index contributed by atoms with van der Waals surface area (Å²) >= 11 is 5.77. The van der Waals surface area contributed by atoms with Crippen LogP contribution in [0.4, 0.5) is 18.0 Å². The Hall–Kier alpha value is -1.51. The number of hydrogen-bond acceptors (Lipinski definition) is 4. The maximum Gasteiger partial charge on any atom is 0.410 e. The summed E-state index contributed by atoms with van der Waals surface area (Å²) in [7, 11) is 0. The number of rotatable bonds is 4. The number of nitrogens with zero attached hydrogens (tertiary/aromatic N) is 1. The number of aliphatic hydroxyl groups excluding tert-OH is 1. The zero-order valence-electron chi connectivity index (χ0n) is 15.4. The van der Waals surface area contributed by atoms with Crippen LogP contribution in [0.3, 0.4) is 0 Å². The van der Waals surface area contributed by atoms with Gasteiger partial charge in [0.05, 0.1) is 17.6 Å². The van der Waals surface area contributed by atoms with Gasteiger partial charge in [-0.25, -0.2) is 18.0 Å². The fraction of sp³-hybridized carbons (Fsp3) is 0.611. The predicted octanol–water partition coefficient (Wildman–Crippen LogP) is 3.36. The largest absolute Gasteiger partial charge is 0.444 e. The number of hydrogen-bond donors (Lipinski definition) is 2. The third kappa shape index (κ3) is 4.33. The summed E-state index contributed by atoms with van der Waals surface area (Å²) in [6, 6.07) is 2.92. The maximum absolute atomic E-state index is 14.8. The Morgan fingerprint density at radius 2 is 2.07 bits per heavy atom. The van der Waals surface area contributed by atoms with Gasteiger partial charge < -0.3 is 15.6 Å². The van der Waals surface area contributed by atoms with E-state index >= 15 is 0 Å². The summed E-state index contributed by atoms with van der Waals surface area (Å²) in [5.74, 6) is -4.25. The van der Waals surface area contributed by atoms with Crippen LogP contribution in [-0.2, 0) is 11.2 Å². The summed E-state index contributed by atoms with van der Waals surface area (Å²) in [6.07, 6.45) is -1.73. The van der Waals surface area contributed by atoms with Crippen LogP contribution in [0.5, 0.6) is 0 Å². The van der Waals surface area contributed by atoms with Crippen molar-refractivity contribution in [2.75, 3.05) is 13.2 Å². The van der Waals surface area contributed by atoms with Crippen molar-refractivity contribution in [1.29, 1.82) is 0 Å². The molecule has 0 saturated carbocycles. The van der Waals surface area contributed by atoms with E-state index in [1.807, 2.05) is 0 Å². The second-order valence-corrected chi connectivity index (χ2v) is 8.17. The molecule has 1 aromatic rings. The number of alkyl halides is 2. The van der Waals surface area contributed by atoms with Gasteiger partial charge in [0.15, 0.2) is 0 Å². The summed E-state index contributed by atoms with van der Waals surface area (Å²) in [5.41, 5.74) is 2.90. The summed E-state index contributed by atoms with van der Waals surface area (Å²) < 4.78 is 49.1. The second-order valence-electron chi connectivity index (χ2n) is 7.76. The lowest BCUT2D eigenvalue weighted by Gasteiger charge is -2.36. The molecule has 1 aliphatic heterocycles. The molecule has 1 fully saturated rings. The van der Waals surface area contributed by atoms with E-state index in [0.29, 0.717) is 0 Å². The Balaban J connectivity index is 2.46. The molecule has 1 aliphatic rings. The third-order valence-electron chi connectivity index (χ3n) is 4.62. The number of amides is 1. The van der Waals surface area contributed by atoms with Crippen LogP contribution >= 0.6 is 11.6 Å². The molecule has 0 aromatic heterocycles. The lowest BCUT2D eigenvalue weighted by atomic mass is 9.82. The van der Waals surface area contributed by atoms with E-state index in [-0.39, 0.29) is 17.0 Å². The van der Waals surface area contributed by atoms with Crippen molar-refractivity contribution in [1.82, 2.24) is 4.90 Å². The van der Waals surface area contributed by atoms with Crippen molar-refractivity contribution in [3.8, 4) is 0 Å². The standard InChI is InChI=1S/C18H24ClF3N2O3/c1-16(2,3)27-15(26)24-10-18(21,22)17(23,7-8-25)13(24)9-11-5-4-6-12(19)14(11)20/h4-6,13,25H,7-10,23H2,1-3H3. The highest BCUT2D eigenvalue weighted by Crippen LogP contribution is 2.44. The van der Waals surface area contributed by atoms with E-state index in [1.54, 1.807) is 20.8 Å². The van der Waals surface area contributed by atoms with Gasteiger partial charge in [0, 0.05) is 6.61 Å². The monoisotopic (exact) mass is 408 g/mol. The lowest BCUT2D eigenvalue weighted by Crippen LogP contribution is -2.61. The maximum atomic E-state index is 14.8. The molecule has 5 nitrogen and oxygen atoms in total. The number of carbonyl (C=O) groups excluding carboxylic acids is 1. The molecule has 1 saturated heterocycles. The van der Waals surface area contributed by atoms with Crippen molar-refractivity contribution in [2.24, 2.45) is 5.73 Å². The van der Waals surface area contributed by atoms with Crippen molar-refractivity contribution in [3.63, 3.8) is 0 Å². The zero-order valence-corrected chi connectivity index (χ0v) is 16.2. The number of likely N-dealkylation sites (tertiary alicyclic amines) is 1. The first-order chi connectivity index (χ1) is 12.3. The van der Waals surface area contributed by atoms with Gasteiger partial charge in [-0.1, -0.05) is 23.7 Å². The van der Waals surface area contributed by atoms with Crippen LogP contribution < -0.4 is 5.73 Å². The third-order valence-corrected chi connectivity index (χ3v) is 4.91. The fourth-order valence-electron chi connectivity index (χ4n) is 3.25. The van der Waals surface area contributed by atoms with Crippen molar-refractivity contribution < 1.29 is 27.8 Å². The van der Waals surface area contributed by atoms with E-state index in [9.17, 15) is 23.1 Å². The molecule has 0 radical (unpaired) electrons. The zero-order chi connectivity index (χ0) is 20.6. The molecule has 152 valence electrons. The molecule has 2 atom stereocenters. The first-order valence-electron chi connectivity index (χ1n) is 8.52. The van der Waals surface area contributed by atoms with Gasteiger partial charge in [0.1, 0.15) is 17.0 Å². The Morgan fingerprint density at radius 3 is 2.63 bits per heavy atom. The van der Waals surface area contributed by atoms with E-state index in [2.05, 4.69) is 0 Å². The van der Waals surface area contributed by atoms with Crippen LogP contribution in [0.1, 0.15) is 32.8 Å². The van der Waals surface area contributed by atoms with Crippen LogP contribution in [0.15, 0.2) is 18.2 Å². The smallest absolute Gasteiger partial charge is 0.410 e. The Labute approximate surface area is 161 Å². The molecule has 1 heterocycles. The van der Waals surface area contributed by atoms with Crippen molar-refractivity contribution >= 4 is 17.7 Å². The first kappa shape index (κ1) is 21.8. The molecule has 2 unspecified atom stereocenters. The van der Waals surface area contributed by atoms with Gasteiger partial charge >= 0.3 is 6.09 Å². The molecule has 0 spiro atoms. The highest BCUT2D eigenvalue weighted by atomic mass is 35.5. The number of benzene rings is 1. The minimum Gasteiger partial charge on any atom is -0.444 e. The molecular weight excluding hydrogens is 385 g/mol. The SMILES string of the molecule is CC(C)(C)OC(=O)N1CC(F)(F)C(N)(CCO)C1Cc1cccc(Cl)c1F. The highest BCUT2D eigenvalue weighted by Gasteiger charge is 2.65. The average molecular weight is 409 g/mol. The number of nitrogens with two attached hydrogens (primary N) is 1. The number of aliphatic hydroxyl groups is 1. The minimum absolute atomic E-state index is 0.0477. The Bertz CT molecular complexity index is 712. The van der Waals surface area contributed by atoms with E-state index in [4.69, 9.17) is 22.1 Å². The average Bonchev–Trinajstić information content (AvgIpc) is 2.71. The van der Waals surface area contributed by atoms with Crippen molar-refractivity contribution in [3.05, 3.63) is 34.6 Å². The van der Waals surface area contributed by atoms with Gasteiger partial charge in [-0.3, -0.25) is 4.90 Å². The fourth-order valence-corrected chi connectivity index (χ4v) is 3.44. The topological polar surface area (TPSA) is 75.8 Å². The predicted molar refractivity (Wildman–Crippen MR) is 95.4 cm³/mol. The van der Waals surface area contributed by atoms with Crippen LogP contribution in [0, 0.1) is 5.82 Å². The van der Waals surface area contributed by atoms with Gasteiger partial charge in [-0.05, 0) is 45.2 Å². The highest BCUT2D eigenvalue weighted by molar-refractivity contribution is 6.30. The van der Waals surface area contributed by atoms with Crippen LogP contribution in [-0.4, -0.2) is 52.4 Å². The molecule has 9 heteroatoms. The van der Waals surface area contributed by atoms with Crippen LogP contribution in [0.2, 0.25) is 5.02 Å². The van der Waals surface area contributed by atoms with Crippen molar-refractivity contribution in [2.45, 2.75) is 56.7 Å². The van der Waals surface area contributed by atoms with Crippen LogP contribution in [0.25, 0.3) is 0 Å². The Kier molecular flexibility index (Phi) is 6.04. The number of halogens is 4. The quantitative estimate of drug-likeness (QED) is 0.801. The molecule has 0 aliphatic carbocycles. The summed E-state index contributed by atoms with van der Waals surface area (Å²) in [4.78, 5) is 13.3. The van der Waals surface area contributed by atoms with E-state index in [1.165, 1.54) is 18.2 Å². The van der Waals surface area contributed by atoms with Gasteiger partial charge in [0.25, 0.3) is 5.92 Å². The Morgan fingerprint density at radius 1 is 1.44 bits per heavy atom. The van der Waals surface area contributed by atoms with Gasteiger partial charge in [-0.15, -0.1) is 0 Å². The normalized spacial score (nSPS) is 24.9. The molecule has 3 N–H and O–H groups in total. The summed E-state index contributed by atoms with van der Waals surface area (Å²) in [6.45, 7) is 3.23. The minimum atomic E-state index is -3.49. The van der Waals surface area contributed by atoms with E-state index in [0.717, 1.165) is 4.90 Å². The molecule has 1 aromatic carbocycles. The molecule has 27 heavy (non-hydrogen) atoms. The first-order valence-corrected chi connectivity index (χ1v) is 8.90. The summed E-state index contributed by atoms with van der Waals surface area (Å²) in [5, 5.41) is 9.11. The lowest BCUT2D eigenvalue weighted by molar-refractivity contribution is -0.0544.